The Kier molecular flexibility index (Phi) is 3.44. The fourth-order valence-corrected chi connectivity index (χ4v) is 1.42. The molecule has 0 aromatic carbocycles. The molecule has 0 amide bonds. The molecule has 1 atom stereocenters. The van der Waals surface area contributed by atoms with E-state index in [9.17, 15) is 10.1 Å². The van der Waals surface area contributed by atoms with E-state index in [2.05, 4.69) is 48.5 Å². The largest absolute Gasteiger partial charge is 0.358 e. The number of halogens is 2. The lowest BCUT2D eigenvalue weighted by Gasteiger charge is -1.92. The van der Waals surface area contributed by atoms with Gasteiger partial charge in [0.25, 0.3) is 0 Å². The minimum Gasteiger partial charge on any atom is -0.358 e. The van der Waals surface area contributed by atoms with Gasteiger partial charge in [-0.2, -0.15) is 0 Å². The Balaban J connectivity index is 2.71. The van der Waals surface area contributed by atoms with Gasteiger partial charge >= 0.3 is 5.82 Å². The number of rotatable bonds is 3. The molecule has 0 fully saturated rings. The number of aromatic nitrogens is 2. The maximum Gasteiger partial charge on any atom is 0.340 e. The van der Waals surface area contributed by atoms with Gasteiger partial charge in [0.05, 0.1) is 2.83 Å². The van der Waals surface area contributed by atoms with Crippen molar-refractivity contribution in [3.8, 4) is 0 Å². The third-order valence-corrected chi connectivity index (χ3v) is 1.92. The lowest BCUT2D eigenvalue weighted by Crippen LogP contribution is -1.95. The third kappa shape index (κ3) is 2.70. The SMILES string of the molecule is O=[N+]([O-])c1cnc(CC(Br)I)[nH]1. The summed E-state index contributed by atoms with van der Waals surface area (Å²) < 4.78 is 0.237. The zero-order chi connectivity index (χ0) is 9.14. The first-order valence-corrected chi connectivity index (χ1v) is 5.22. The summed E-state index contributed by atoms with van der Waals surface area (Å²) in [5, 5.41) is 10.2. The van der Waals surface area contributed by atoms with Gasteiger partial charge in [0.15, 0.2) is 5.82 Å². The fraction of sp³-hybridized carbons (Fsp3) is 0.400. The minimum absolute atomic E-state index is 0.0606. The average molecular weight is 346 g/mol. The van der Waals surface area contributed by atoms with Gasteiger partial charge < -0.3 is 10.1 Å². The summed E-state index contributed by atoms with van der Waals surface area (Å²) in [4.78, 5) is 16.2. The average Bonchev–Trinajstić information content (AvgIpc) is 2.34. The van der Waals surface area contributed by atoms with Crippen molar-refractivity contribution in [1.29, 1.82) is 0 Å². The molecule has 1 rings (SSSR count). The van der Waals surface area contributed by atoms with Crippen LogP contribution in [-0.4, -0.2) is 17.7 Å². The number of aromatic amines is 1. The van der Waals surface area contributed by atoms with Crippen LogP contribution in [0.1, 0.15) is 5.82 Å². The molecule has 1 heterocycles. The summed E-state index contributed by atoms with van der Waals surface area (Å²) in [7, 11) is 0. The highest BCUT2D eigenvalue weighted by molar-refractivity contribution is 14.1. The molecule has 12 heavy (non-hydrogen) atoms. The molecule has 1 aromatic rings. The van der Waals surface area contributed by atoms with Gasteiger partial charge in [0.2, 0.25) is 0 Å². The molecule has 0 spiro atoms. The predicted octanol–water partition coefficient (Wildman–Crippen LogP) is 2.02. The van der Waals surface area contributed by atoms with E-state index in [4.69, 9.17) is 0 Å². The van der Waals surface area contributed by atoms with Crippen molar-refractivity contribution >= 4 is 44.3 Å². The number of imidazole rings is 1. The number of alkyl halides is 2. The lowest BCUT2D eigenvalue weighted by molar-refractivity contribution is -0.389. The van der Waals surface area contributed by atoms with E-state index in [0.717, 1.165) is 0 Å². The Bertz CT molecular complexity index is 288. The lowest BCUT2D eigenvalue weighted by atomic mass is 10.5. The quantitative estimate of drug-likeness (QED) is 0.394. The zero-order valence-electron chi connectivity index (χ0n) is 5.83. The number of hydrogen-bond acceptors (Lipinski definition) is 3. The Morgan fingerprint density at radius 2 is 2.58 bits per heavy atom. The highest BCUT2D eigenvalue weighted by atomic mass is 127. The number of nitro groups is 1. The molecule has 0 aliphatic rings. The number of H-pyrrole nitrogens is 1. The Morgan fingerprint density at radius 1 is 1.92 bits per heavy atom. The van der Waals surface area contributed by atoms with Crippen LogP contribution in [0.25, 0.3) is 0 Å². The van der Waals surface area contributed by atoms with Crippen molar-refractivity contribution < 1.29 is 4.92 Å². The Hall–Kier alpha value is -0.180. The van der Waals surface area contributed by atoms with Crippen molar-refractivity contribution in [3.63, 3.8) is 0 Å². The molecular formula is C5H5BrIN3O2. The fourth-order valence-electron chi connectivity index (χ4n) is 0.694. The van der Waals surface area contributed by atoms with Crippen LogP contribution in [0.3, 0.4) is 0 Å². The molecular weight excluding hydrogens is 341 g/mol. The molecule has 0 aliphatic carbocycles. The molecule has 66 valence electrons. The van der Waals surface area contributed by atoms with Crippen LogP contribution in [0.5, 0.6) is 0 Å². The van der Waals surface area contributed by atoms with E-state index in [1.807, 2.05) is 0 Å². The molecule has 1 unspecified atom stereocenters. The van der Waals surface area contributed by atoms with Gasteiger partial charge in [-0.3, -0.25) is 0 Å². The van der Waals surface area contributed by atoms with Crippen LogP contribution in [-0.2, 0) is 6.42 Å². The molecule has 0 saturated heterocycles. The summed E-state index contributed by atoms with van der Waals surface area (Å²) in [6.45, 7) is 0. The first-order chi connectivity index (χ1) is 5.59. The van der Waals surface area contributed by atoms with Crippen LogP contribution < -0.4 is 0 Å². The predicted molar refractivity (Wildman–Crippen MR) is 55.7 cm³/mol. The molecule has 0 aliphatic heterocycles. The van der Waals surface area contributed by atoms with Gasteiger partial charge in [0, 0.05) is 6.42 Å². The van der Waals surface area contributed by atoms with Gasteiger partial charge in [-0.25, -0.2) is 9.97 Å². The van der Waals surface area contributed by atoms with E-state index in [1.54, 1.807) is 0 Å². The Labute approximate surface area is 90.4 Å². The standard InChI is InChI=1S/C5H5BrIN3O2/c6-3(7)1-4-8-2-5(9-4)10(11)12/h2-3H,1H2,(H,8,9). The van der Waals surface area contributed by atoms with Crippen molar-refractivity contribution in [1.82, 2.24) is 9.97 Å². The Morgan fingerprint density at radius 3 is 3.00 bits per heavy atom. The molecule has 1 N–H and O–H groups in total. The highest BCUT2D eigenvalue weighted by Crippen LogP contribution is 2.15. The monoisotopic (exact) mass is 345 g/mol. The van der Waals surface area contributed by atoms with E-state index >= 15 is 0 Å². The van der Waals surface area contributed by atoms with E-state index in [0.29, 0.717) is 12.2 Å². The van der Waals surface area contributed by atoms with Gasteiger partial charge in [0.1, 0.15) is 6.20 Å². The van der Waals surface area contributed by atoms with Crippen molar-refractivity contribution in [3.05, 3.63) is 22.1 Å². The van der Waals surface area contributed by atoms with Crippen molar-refractivity contribution in [2.24, 2.45) is 0 Å². The molecule has 5 nitrogen and oxygen atoms in total. The first kappa shape index (κ1) is 9.90. The van der Waals surface area contributed by atoms with Crippen molar-refractivity contribution in [2.75, 3.05) is 0 Å². The minimum atomic E-state index is -0.493. The second kappa shape index (κ2) is 4.17. The summed E-state index contributed by atoms with van der Waals surface area (Å²) in [6, 6.07) is 0. The summed E-state index contributed by atoms with van der Waals surface area (Å²) in [6.07, 6.45) is 1.87. The number of nitrogens with zero attached hydrogens (tertiary/aromatic N) is 2. The second-order valence-electron chi connectivity index (χ2n) is 2.07. The third-order valence-electron chi connectivity index (χ3n) is 1.16. The van der Waals surface area contributed by atoms with Gasteiger partial charge in [-0.05, 0) is 4.92 Å². The van der Waals surface area contributed by atoms with Crippen molar-refractivity contribution in [2.45, 2.75) is 9.25 Å². The first-order valence-electron chi connectivity index (χ1n) is 3.06. The molecule has 0 saturated carbocycles. The van der Waals surface area contributed by atoms with E-state index in [1.165, 1.54) is 6.20 Å². The highest BCUT2D eigenvalue weighted by Gasteiger charge is 2.11. The van der Waals surface area contributed by atoms with E-state index in [-0.39, 0.29) is 8.65 Å². The van der Waals surface area contributed by atoms with Gasteiger partial charge in [-0.1, -0.05) is 38.5 Å². The summed E-state index contributed by atoms with van der Waals surface area (Å²) in [5.74, 6) is 0.563. The molecule has 0 bridgehead atoms. The molecule has 7 heteroatoms. The topological polar surface area (TPSA) is 71.8 Å². The molecule has 0 radical (unpaired) electrons. The maximum atomic E-state index is 10.2. The van der Waals surface area contributed by atoms with Gasteiger partial charge in [-0.15, -0.1) is 0 Å². The normalized spacial score (nSPS) is 12.8. The van der Waals surface area contributed by atoms with Crippen LogP contribution in [0.15, 0.2) is 6.20 Å². The zero-order valence-corrected chi connectivity index (χ0v) is 9.57. The van der Waals surface area contributed by atoms with Crippen LogP contribution in [0.4, 0.5) is 5.82 Å². The maximum absolute atomic E-state index is 10.2. The summed E-state index contributed by atoms with van der Waals surface area (Å²) in [5.41, 5.74) is 0. The smallest absolute Gasteiger partial charge is 0.340 e. The second-order valence-corrected chi connectivity index (χ2v) is 6.39. The van der Waals surface area contributed by atoms with Crippen LogP contribution in [0, 0.1) is 10.1 Å². The number of hydrogen-bond donors (Lipinski definition) is 1. The summed E-state index contributed by atoms with van der Waals surface area (Å²) >= 11 is 5.47. The van der Waals surface area contributed by atoms with Crippen LogP contribution in [0.2, 0.25) is 0 Å². The number of nitrogens with one attached hydrogen (secondary N) is 1. The van der Waals surface area contributed by atoms with Crippen LogP contribution >= 0.6 is 38.5 Å². The van der Waals surface area contributed by atoms with E-state index < -0.39 is 4.92 Å². The molecule has 1 aromatic heterocycles.